The van der Waals surface area contributed by atoms with Gasteiger partial charge in [0.2, 0.25) is 0 Å². The molecule has 0 spiro atoms. The molecule has 0 saturated heterocycles. The third-order valence-corrected chi connectivity index (χ3v) is 3.11. The third-order valence-electron chi connectivity index (χ3n) is 3.11. The molecule has 0 fully saturated rings. The number of amides is 1. The van der Waals surface area contributed by atoms with Gasteiger partial charge >= 0.3 is 0 Å². The quantitative estimate of drug-likeness (QED) is 0.915. The Bertz CT molecular complexity index is 636. The second-order valence-electron chi connectivity index (χ2n) is 4.63. The summed E-state index contributed by atoms with van der Waals surface area (Å²) >= 11 is 0. The zero-order valence-electron chi connectivity index (χ0n) is 12.5. The molecule has 112 valence electrons. The van der Waals surface area contributed by atoms with Crippen LogP contribution in [0.2, 0.25) is 0 Å². The van der Waals surface area contributed by atoms with E-state index in [2.05, 4.69) is 10.5 Å². The Labute approximate surface area is 123 Å². The average molecular weight is 290 g/mol. The number of methoxy groups -OCH3 is 2. The summed E-state index contributed by atoms with van der Waals surface area (Å²) in [5.74, 6) is 1.67. The van der Waals surface area contributed by atoms with E-state index in [-0.39, 0.29) is 17.6 Å². The first-order chi connectivity index (χ1) is 10.0. The van der Waals surface area contributed by atoms with Crippen LogP contribution >= 0.6 is 0 Å². The Morgan fingerprint density at radius 3 is 2.62 bits per heavy atom. The molecule has 1 heterocycles. The number of nitrogens with one attached hydrogen (secondary N) is 1. The van der Waals surface area contributed by atoms with Crippen LogP contribution in [0.5, 0.6) is 11.5 Å². The molecule has 21 heavy (non-hydrogen) atoms. The Morgan fingerprint density at radius 1 is 1.29 bits per heavy atom. The summed E-state index contributed by atoms with van der Waals surface area (Å²) in [6, 6.07) is 6.76. The van der Waals surface area contributed by atoms with Crippen molar-refractivity contribution in [1.82, 2.24) is 10.5 Å². The highest BCUT2D eigenvalue weighted by atomic mass is 16.5. The van der Waals surface area contributed by atoms with Gasteiger partial charge in [-0.2, -0.15) is 0 Å². The van der Waals surface area contributed by atoms with Gasteiger partial charge in [-0.25, -0.2) is 0 Å². The van der Waals surface area contributed by atoms with E-state index in [1.54, 1.807) is 39.3 Å². The fraction of sp³-hybridized carbons (Fsp3) is 0.333. The summed E-state index contributed by atoms with van der Waals surface area (Å²) in [4.78, 5) is 12.1. The van der Waals surface area contributed by atoms with Crippen LogP contribution in [0.1, 0.15) is 34.8 Å². The van der Waals surface area contributed by atoms with Crippen LogP contribution in [0.4, 0.5) is 0 Å². The van der Waals surface area contributed by atoms with Crippen molar-refractivity contribution in [1.29, 1.82) is 0 Å². The van der Waals surface area contributed by atoms with E-state index in [0.29, 0.717) is 17.3 Å². The van der Waals surface area contributed by atoms with Crippen LogP contribution in [-0.4, -0.2) is 25.3 Å². The van der Waals surface area contributed by atoms with Gasteiger partial charge < -0.3 is 19.3 Å². The molecular formula is C15H18N2O4. The second kappa shape index (κ2) is 6.30. The molecular weight excluding hydrogens is 272 g/mol. The van der Waals surface area contributed by atoms with Gasteiger partial charge in [0.05, 0.1) is 20.3 Å². The van der Waals surface area contributed by atoms with Crippen molar-refractivity contribution in [2.75, 3.05) is 14.2 Å². The van der Waals surface area contributed by atoms with E-state index >= 15 is 0 Å². The van der Waals surface area contributed by atoms with Crippen molar-refractivity contribution in [3.8, 4) is 11.5 Å². The van der Waals surface area contributed by atoms with Crippen molar-refractivity contribution in [3.63, 3.8) is 0 Å². The van der Waals surface area contributed by atoms with Gasteiger partial charge in [0, 0.05) is 11.6 Å². The smallest absolute Gasteiger partial charge is 0.273 e. The number of hydrogen-bond donors (Lipinski definition) is 1. The molecule has 0 aliphatic rings. The summed E-state index contributed by atoms with van der Waals surface area (Å²) in [7, 11) is 3.17. The van der Waals surface area contributed by atoms with E-state index in [0.717, 1.165) is 5.56 Å². The fourth-order valence-electron chi connectivity index (χ4n) is 2.00. The molecule has 1 amide bonds. The maximum Gasteiger partial charge on any atom is 0.273 e. The highest BCUT2D eigenvalue weighted by Gasteiger charge is 2.18. The maximum absolute atomic E-state index is 12.1. The first-order valence-electron chi connectivity index (χ1n) is 6.51. The first kappa shape index (κ1) is 14.9. The molecule has 0 unspecified atom stereocenters. The van der Waals surface area contributed by atoms with E-state index in [9.17, 15) is 4.79 Å². The summed E-state index contributed by atoms with van der Waals surface area (Å²) in [5, 5.41) is 6.55. The van der Waals surface area contributed by atoms with Crippen molar-refractivity contribution in [2.45, 2.75) is 19.9 Å². The third kappa shape index (κ3) is 3.34. The molecule has 1 atom stereocenters. The molecule has 6 nitrogen and oxygen atoms in total. The van der Waals surface area contributed by atoms with Crippen LogP contribution in [0, 0.1) is 6.92 Å². The SMILES string of the molecule is COc1ccc(OC)c([C@@H](C)NC(=O)c2cc(C)on2)c1. The highest BCUT2D eigenvalue weighted by molar-refractivity contribution is 5.92. The molecule has 0 saturated carbocycles. The average Bonchev–Trinajstić information content (AvgIpc) is 2.93. The van der Waals surface area contributed by atoms with Crippen LogP contribution < -0.4 is 14.8 Å². The minimum Gasteiger partial charge on any atom is -0.497 e. The van der Waals surface area contributed by atoms with Crippen LogP contribution in [0.15, 0.2) is 28.8 Å². The molecule has 1 N–H and O–H groups in total. The highest BCUT2D eigenvalue weighted by Crippen LogP contribution is 2.29. The zero-order valence-corrected chi connectivity index (χ0v) is 12.5. The minimum absolute atomic E-state index is 0.251. The standard InChI is InChI=1S/C15H18N2O4/c1-9-7-13(17-21-9)15(18)16-10(2)12-8-11(19-3)5-6-14(12)20-4/h5-8,10H,1-4H3,(H,16,18)/t10-/m1/s1. The molecule has 2 aromatic rings. The zero-order chi connectivity index (χ0) is 15.4. The summed E-state index contributed by atoms with van der Waals surface area (Å²) in [5.41, 5.74) is 1.08. The molecule has 2 rings (SSSR count). The van der Waals surface area contributed by atoms with Gasteiger partial charge in [0.1, 0.15) is 17.3 Å². The van der Waals surface area contributed by atoms with Gasteiger partial charge in [0.15, 0.2) is 5.69 Å². The number of aromatic nitrogens is 1. The Kier molecular flexibility index (Phi) is 4.47. The monoisotopic (exact) mass is 290 g/mol. The number of ether oxygens (including phenoxy) is 2. The van der Waals surface area contributed by atoms with E-state index in [1.165, 1.54) is 0 Å². The fourth-order valence-corrected chi connectivity index (χ4v) is 2.00. The van der Waals surface area contributed by atoms with Gasteiger partial charge in [-0.3, -0.25) is 4.79 Å². The molecule has 0 aliphatic carbocycles. The Morgan fingerprint density at radius 2 is 2.05 bits per heavy atom. The van der Waals surface area contributed by atoms with E-state index in [1.807, 2.05) is 13.0 Å². The van der Waals surface area contributed by atoms with E-state index in [4.69, 9.17) is 14.0 Å². The maximum atomic E-state index is 12.1. The number of hydrogen-bond acceptors (Lipinski definition) is 5. The number of aryl methyl sites for hydroxylation is 1. The lowest BCUT2D eigenvalue weighted by atomic mass is 10.1. The van der Waals surface area contributed by atoms with Gasteiger partial charge in [0.25, 0.3) is 5.91 Å². The molecule has 0 bridgehead atoms. The van der Waals surface area contributed by atoms with E-state index < -0.39 is 0 Å². The molecule has 0 radical (unpaired) electrons. The lowest BCUT2D eigenvalue weighted by molar-refractivity contribution is 0.0930. The normalized spacial score (nSPS) is 11.8. The molecule has 0 aliphatic heterocycles. The van der Waals surface area contributed by atoms with Crippen molar-refractivity contribution in [2.24, 2.45) is 0 Å². The lowest BCUT2D eigenvalue weighted by Crippen LogP contribution is -2.27. The first-order valence-corrected chi connectivity index (χ1v) is 6.51. The number of benzene rings is 1. The molecule has 6 heteroatoms. The van der Waals surface area contributed by atoms with Gasteiger partial charge in [-0.15, -0.1) is 0 Å². The number of nitrogens with zero attached hydrogens (tertiary/aromatic N) is 1. The summed E-state index contributed by atoms with van der Waals surface area (Å²) in [6.45, 7) is 3.60. The van der Waals surface area contributed by atoms with Gasteiger partial charge in [-0.1, -0.05) is 5.16 Å². The lowest BCUT2D eigenvalue weighted by Gasteiger charge is -2.17. The van der Waals surface area contributed by atoms with Crippen LogP contribution in [0.25, 0.3) is 0 Å². The summed E-state index contributed by atoms with van der Waals surface area (Å²) in [6.07, 6.45) is 0. The second-order valence-corrected chi connectivity index (χ2v) is 4.63. The van der Waals surface area contributed by atoms with Crippen molar-refractivity contribution < 1.29 is 18.8 Å². The predicted octanol–water partition coefficient (Wildman–Crippen LogP) is 2.49. The largest absolute Gasteiger partial charge is 0.497 e. The van der Waals surface area contributed by atoms with Crippen molar-refractivity contribution in [3.05, 3.63) is 41.3 Å². The van der Waals surface area contributed by atoms with Crippen LogP contribution in [0.3, 0.4) is 0 Å². The molecule has 1 aromatic carbocycles. The summed E-state index contributed by atoms with van der Waals surface area (Å²) < 4.78 is 15.4. The number of carbonyl (C=O) groups is 1. The predicted molar refractivity (Wildman–Crippen MR) is 76.7 cm³/mol. The number of carbonyl (C=O) groups excluding carboxylic acids is 1. The van der Waals surface area contributed by atoms with Crippen molar-refractivity contribution >= 4 is 5.91 Å². The minimum atomic E-state index is -0.302. The Balaban J connectivity index is 2.19. The number of rotatable bonds is 5. The topological polar surface area (TPSA) is 73.6 Å². The van der Waals surface area contributed by atoms with Gasteiger partial charge in [-0.05, 0) is 32.0 Å². The molecule has 1 aromatic heterocycles. The van der Waals surface area contributed by atoms with Crippen LogP contribution in [-0.2, 0) is 0 Å². The Hall–Kier alpha value is -2.50.